The Labute approximate surface area is 117 Å². The molecule has 0 spiro atoms. The molecule has 0 aliphatic carbocycles. The minimum absolute atomic E-state index is 0.186. The lowest BCUT2D eigenvalue weighted by Gasteiger charge is -2.35. The third-order valence-electron chi connectivity index (χ3n) is 3.21. The van der Waals surface area contributed by atoms with Crippen molar-refractivity contribution in [3.8, 4) is 12.3 Å². The summed E-state index contributed by atoms with van der Waals surface area (Å²) in [7, 11) is 0. The van der Waals surface area contributed by atoms with E-state index in [4.69, 9.17) is 11.2 Å². The normalized spacial score (nSPS) is 20.2. The van der Waals surface area contributed by atoms with Gasteiger partial charge in [0.05, 0.1) is 18.3 Å². The van der Waals surface area contributed by atoms with E-state index >= 15 is 0 Å². The van der Waals surface area contributed by atoms with Crippen LogP contribution < -0.4 is 0 Å². The van der Waals surface area contributed by atoms with Gasteiger partial charge in [0.2, 0.25) is 0 Å². The highest BCUT2D eigenvalue weighted by Crippen LogP contribution is 2.08. The molecule has 4 heteroatoms. The van der Waals surface area contributed by atoms with E-state index < -0.39 is 6.10 Å². The summed E-state index contributed by atoms with van der Waals surface area (Å²) in [6, 6.07) is 0. The Hall–Kier alpha value is -0.600. The molecule has 110 valence electrons. The van der Waals surface area contributed by atoms with Crippen LogP contribution >= 0.6 is 0 Å². The molecule has 1 rings (SSSR count). The van der Waals surface area contributed by atoms with Gasteiger partial charge in [-0.05, 0) is 20.8 Å². The van der Waals surface area contributed by atoms with E-state index in [1.54, 1.807) is 0 Å². The summed E-state index contributed by atoms with van der Waals surface area (Å²) in [5.41, 5.74) is -0.186. The molecule has 0 bridgehead atoms. The van der Waals surface area contributed by atoms with Crippen molar-refractivity contribution in [3.63, 3.8) is 0 Å². The number of hydrogen-bond donors (Lipinski definition) is 1. The molecule has 0 radical (unpaired) electrons. The Morgan fingerprint density at radius 1 is 1.21 bits per heavy atom. The van der Waals surface area contributed by atoms with Crippen molar-refractivity contribution in [3.05, 3.63) is 0 Å². The lowest BCUT2D eigenvalue weighted by molar-refractivity contribution is -0.0585. The largest absolute Gasteiger partial charge is 0.389 e. The number of rotatable bonds is 6. The van der Waals surface area contributed by atoms with E-state index in [9.17, 15) is 5.11 Å². The van der Waals surface area contributed by atoms with E-state index in [0.717, 1.165) is 39.1 Å². The van der Waals surface area contributed by atoms with Gasteiger partial charge in [-0.3, -0.25) is 9.80 Å². The van der Waals surface area contributed by atoms with Crippen molar-refractivity contribution in [2.75, 3.05) is 45.9 Å². The fourth-order valence-corrected chi connectivity index (χ4v) is 2.12. The zero-order valence-electron chi connectivity index (χ0n) is 12.6. The number of nitrogens with zero attached hydrogens (tertiary/aromatic N) is 2. The summed E-state index contributed by atoms with van der Waals surface area (Å²) in [6.45, 7) is 12.2. The van der Waals surface area contributed by atoms with Crippen LogP contribution in [-0.2, 0) is 4.74 Å². The molecule has 1 aliphatic rings. The molecular formula is C15H28N2O2. The third kappa shape index (κ3) is 7.54. The molecule has 1 saturated heterocycles. The van der Waals surface area contributed by atoms with Crippen LogP contribution in [0.1, 0.15) is 27.2 Å². The zero-order valence-corrected chi connectivity index (χ0v) is 12.6. The number of terminal acetylenes is 1. The molecule has 4 nitrogen and oxygen atoms in total. The molecule has 1 atom stereocenters. The summed E-state index contributed by atoms with van der Waals surface area (Å²) in [6.07, 6.45) is 5.69. The monoisotopic (exact) mass is 268 g/mol. The van der Waals surface area contributed by atoms with Crippen molar-refractivity contribution >= 4 is 0 Å². The number of hydrogen-bond acceptors (Lipinski definition) is 4. The molecule has 1 heterocycles. The van der Waals surface area contributed by atoms with Gasteiger partial charge in [0.1, 0.15) is 0 Å². The van der Waals surface area contributed by atoms with E-state index in [1.807, 2.05) is 20.8 Å². The van der Waals surface area contributed by atoms with E-state index in [1.165, 1.54) is 0 Å². The molecule has 0 aromatic rings. The summed E-state index contributed by atoms with van der Waals surface area (Å²) in [5, 5.41) is 9.97. The first-order valence-electron chi connectivity index (χ1n) is 7.11. The fourth-order valence-electron chi connectivity index (χ4n) is 2.12. The maximum Gasteiger partial charge on any atom is 0.0900 e. The predicted octanol–water partition coefficient (Wildman–Crippen LogP) is 0.803. The van der Waals surface area contributed by atoms with Gasteiger partial charge in [0.15, 0.2) is 0 Å². The summed E-state index contributed by atoms with van der Waals surface area (Å²) < 4.78 is 5.60. The van der Waals surface area contributed by atoms with Crippen molar-refractivity contribution < 1.29 is 9.84 Å². The molecule has 1 aliphatic heterocycles. The number of piperazine rings is 1. The first-order chi connectivity index (χ1) is 8.90. The van der Waals surface area contributed by atoms with Gasteiger partial charge in [-0.25, -0.2) is 0 Å². The van der Waals surface area contributed by atoms with Crippen LogP contribution in [0.25, 0.3) is 0 Å². The molecule has 1 fully saturated rings. The highest BCUT2D eigenvalue weighted by Gasteiger charge is 2.20. The maximum absolute atomic E-state index is 9.97. The van der Waals surface area contributed by atoms with Crippen LogP contribution in [-0.4, -0.2) is 72.5 Å². The lowest BCUT2D eigenvalue weighted by atomic mass is 10.2. The van der Waals surface area contributed by atoms with E-state index in [-0.39, 0.29) is 5.60 Å². The second-order valence-electron chi connectivity index (χ2n) is 6.17. The van der Waals surface area contributed by atoms with Gasteiger partial charge in [-0.2, -0.15) is 0 Å². The smallest absolute Gasteiger partial charge is 0.0900 e. The van der Waals surface area contributed by atoms with Gasteiger partial charge < -0.3 is 9.84 Å². The van der Waals surface area contributed by atoms with Gasteiger partial charge in [-0.1, -0.05) is 0 Å². The average Bonchev–Trinajstić information content (AvgIpc) is 2.35. The van der Waals surface area contributed by atoms with Crippen LogP contribution in [0.2, 0.25) is 0 Å². The summed E-state index contributed by atoms with van der Waals surface area (Å²) in [5.74, 6) is 2.68. The number of β-amino-alcohol motifs (C(OH)–C–C–N with tert-alkyl or cyclic N) is 1. The fraction of sp³-hybridized carbons (Fsp3) is 0.867. The minimum Gasteiger partial charge on any atom is -0.389 e. The van der Waals surface area contributed by atoms with Crippen molar-refractivity contribution in [2.45, 2.75) is 38.9 Å². The highest BCUT2D eigenvalue weighted by molar-refractivity contribution is 4.85. The van der Waals surface area contributed by atoms with Crippen molar-refractivity contribution in [1.29, 1.82) is 0 Å². The Balaban J connectivity index is 2.16. The maximum atomic E-state index is 9.97. The van der Waals surface area contributed by atoms with Crippen LogP contribution in [0.4, 0.5) is 0 Å². The Morgan fingerprint density at radius 3 is 2.32 bits per heavy atom. The average molecular weight is 268 g/mol. The predicted molar refractivity (Wildman–Crippen MR) is 78.0 cm³/mol. The molecule has 0 saturated carbocycles. The zero-order chi connectivity index (χ0) is 14.3. The first-order valence-corrected chi connectivity index (χ1v) is 7.11. The number of ether oxygens (including phenoxy) is 1. The lowest BCUT2D eigenvalue weighted by Crippen LogP contribution is -2.49. The molecule has 0 aromatic heterocycles. The second kappa shape index (κ2) is 7.86. The summed E-state index contributed by atoms with van der Waals surface area (Å²) in [4.78, 5) is 4.68. The van der Waals surface area contributed by atoms with Crippen molar-refractivity contribution in [2.24, 2.45) is 0 Å². The van der Waals surface area contributed by atoms with Crippen LogP contribution in [0.5, 0.6) is 0 Å². The van der Waals surface area contributed by atoms with Crippen LogP contribution in [0.3, 0.4) is 0 Å². The SMILES string of the molecule is C#CCCN1CCN(CC(O)COC(C)(C)C)CC1. The first kappa shape index (κ1) is 16.5. The number of aliphatic hydroxyl groups excluding tert-OH is 1. The van der Waals surface area contributed by atoms with E-state index in [2.05, 4.69) is 15.7 Å². The molecule has 0 amide bonds. The third-order valence-corrected chi connectivity index (χ3v) is 3.21. The Morgan fingerprint density at radius 2 is 1.79 bits per heavy atom. The highest BCUT2D eigenvalue weighted by atomic mass is 16.5. The van der Waals surface area contributed by atoms with Crippen LogP contribution in [0.15, 0.2) is 0 Å². The van der Waals surface area contributed by atoms with Crippen molar-refractivity contribution in [1.82, 2.24) is 9.80 Å². The molecule has 1 unspecified atom stereocenters. The van der Waals surface area contributed by atoms with E-state index in [0.29, 0.717) is 13.2 Å². The second-order valence-corrected chi connectivity index (χ2v) is 6.17. The Kier molecular flexibility index (Phi) is 6.81. The quantitative estimate of drug-likeness (QED) is 0.723. The molecule has 1 N–H and O–H groups in total. The molecular weight excluding hydrogens is 240 g/mol. The van der Waals surface area contributed by atoms with Gasteiger partial charge in [0, 0.05) is 45.7 Å². The van der Waals surface area contributed by atoms with Gasteiger partial charge >= 0.3 is 0 Å². The standard InChI is InChI=1S/C15H28N2O2/c1-5-6-7-16-8-10-17(11-9-16)12-14(18)13-19-15(2,3)4/h1,14,18H,6-13H2,2-4H3. The van der Waals surface area contributed by atoms with Gasteiger partial charge in [0.25, 0.3) is 0 Å². The summed E-state index contributed by atoms with van der Waals surface area (Å²) >= 11 is 0. The minimum atomic E-state index is -0.406. The topological polar surface area (TPSA) is 35.9 Å². The molecule has 0 aromatic carbocycles. The Bertz CT molecular complexity index is 286. The number of aliphatic hydroxyl groups is 1. The van der Waals surface area contributed by atoms with Crippen LogP contribution in [0, 0.1) is 12.3 Å². The van der Waals surface area contributed by atoms with Gasteiger partial charge in [-0.15, -0.1) is 12.3 Å². The molecule has 19 heavy (non-hydrogen) atoms.